The van der Waals surface area contributed by atoms with E-state index in [2.05, 4.69) is 0 Å². The van der Waals surface area contributed by atoms with Gasteiger partial charge in [-0.3, -0.25) is 18.8 Å². The van der Waals surface area contributed by atoms with Gasteiger partial charge in [0.15, 0.2) is 0 Å². The average Bonchev–Trinajstić information content (AvgIpc) is 0.722. The van der Waals surface area contributed by atoms with Gasteiger partial charge < -0.3 is 14.7 Å². The summed E-state index contributed by atoms with van der Waals surface area (Å²) in [5, 5.41) is 0. The third-order valence-electron chi connectivity index (χ3n) is 0. The van der Waals surface area contributed by atoms with Gasteiger partial charge in [-0.2, -0.15) is 0 Å². The molecule has 0 fully saturated rings. The molecule has 0 aliphatic heterocycles. The van der Waals surface area contributed by atoms with Crippen LogP contribution in [0.4, 0.5) is 18.8 Å². The Hall–Kier alpha value is -0.105. The first-order valence-electron chi connectivity index (χ1n) is 0.783. The fraction of sp³-hybridized carbons (Fsp3) is 0. The highest BCUT2D eigenvalue weighted by Crippen LogP contribution is 2.25. The summed E-state index contributed by atoms with van der Waals surface area (Å²) in [6.07, 6.45) is 0. The molecule has 0 saturated heterocycles. The van der Waals surface area contributed by atoms with Crippen LogP contribution in [-0.4, -0.2) is 23.1 Å². The van der Waals surface area contributed by atoms with Gasteiger partial charge in [0.1, 0.15) is 0 Å². The highest BCUT2D eigenvalue weighted by atomic mass is 31.2. The van der Waals surface area contributed by atoms with E-state index in [0.29, 0.717) is 0 Å². The fourth-order valence-electron chi connectivity index (χ4n) is 0. The van der Waals surface area contributed by atoms with Crippen molar-refractivity contribution in [2.24, 2.45) is 0 Å². The number of halogens is 4. The molecular weight excluding hydrogens is 182 g/mol. The van der Waals surface area contributed by atoms with Crippen LogP contribution in [-0.2, 0) is 4.57 Å². The molecule has 0 amide bonds. The molecule has 70 valence electrons. The van der Waals surface area contributed by atoms with Crippen molar-refractivity contribution < 1.29 is 38.1 Å². The second-order valence-corrected chi connectivity index (χ2v) is 1.54. The summed E-state index contributed by atoms with van der Waals surface area (Å²) in [6.45, 7) is 0. The van der Waals surface area contributed by atoms with Gasteiger partial charge in [0.05, 0.1) is 8.41 Å². The van der Waals surface area contributed by atoms with Crippen molar-refractivity contribution in [3.05, 3.63) is 0 Å². The lowest BCUT2D eigenvalue weighted by Gasteiger charge is -1.82. The standard InChI is InChI=1S/BH3.4FH.H3O4P/c;;;;;1-5(2,3)4/h1H3;4*1H;(H3,1,2,3,4). The summed E-state index contributed by atoms with van der Waals surface area (Å²) in [7, 11) is -4.64. The van der Waals surface area contributed by atoms with E-state index < -0.39 is 7.82 Å². The summed E-state index contributed by atoms with van der Waals surface area (Å²) in [5.74, 6) is 0. The highest BCUT2D eigenvalue weighted by Gasteiger charge is 2.00. The summed E-state index contributed by atoms with van der Waals surface area (Å²) >= 11 is 0. The van der Waals surface area contributed by atoms with Gasteiger partial charge in [-0.05, 0) is 0 Å². The molecule has 0 atom stereocenters. The van der Waals surface area contributed by atoms with Crippen molar-refractivity contribution in [1.29, 1.82) is 0 Å². The van der Waals surface area contributed by atoms with E-state index in [1.165, 1.54) is 0 Å². The summed E-state index contributed by atoms with van der Waals surface area (Å²) in [6, 6.07) is 0. The molecule has 10 heteroatoms. The van der Waals surface area contributed by atoms with Crippen LogP contribution in [0, 0.1) is 0 Å². The van der Waals surface area contributed by atoms with Gasteiger partial charge in [0.2, 0.25) is 0 Å². The van der Waals surface area contributed by atoms with Crippen molar-refractivity contribution >= 4 is 16.2 Å². The van der Waals surface area contributed by atoms with Gasteiger partial charge in [0.25, 0.3) is 0 Å². The normalized spacial score (nSPS) is 5.90. The molecule has 3 N–H and O–H groups in total. The molecule has 0 aromatic rings. The molecule has 0 bridgehead atoms. The Labute approximate surface area is 55.5 Å². The largest absolute Gasteiger partial charge is 0.466 e. The van der Waals surface area contributed by atoms with Crippen LogP contribution in [0.5, 0.6) is 0 Å². The molecular formula is H10BF4O4P. The Balaban J connectivity index is -0.00000000800. The van der Waals surface area contributed by atoms with Crippen molar-refractivity contribution in [2.75, 3.05) is 0 Å². The smallest absolute Gasteiger partial charge is 0.303 e. The van der Waals surface area contributed by atoms with Crippen LogP contribution >= 0.6 is 7.82 Å². The Morgan fingerprint density at radius 1 is 0.800 bits per heavy atom. The Bertz CT molecular complexity index is 63.4. The minimum Gasteiger partial charge on any atom is -0.303 e. The third kappa shape index (κ3) is 34000. The minimum atomic E-state index is -4.64. The average molecular weight is 192 g/mol. The maximum absolute atomic E-state index is 8.88. The van der Waals surface area contributed by atoms with Crippen molar-refractivity contribution in [1.82, 2.24) is 0 Å². The molecule has 0 aromatic carbocycles. The number of hydrogen-bond donors (Lipinski definition) is 3. The molecule has 0 aromatic heterocycles. The van der Waals surface area contributed by atoms with E-state index >= 15 is 0 Å². The van der Waals surface area contributed by atoms with Crippen molar-refractivity contribution in [3.63, 3.8) is 0 Å². The number of rotatable bonds is 0. The zero-order chi connectivity index (χ0) is 4.50. The first-order chi connectivity index (χ1) is 2.00. The molecule has 0 unspecified atom stereocenters. The lowest BCUT2D eigenvalue weighted by Crippen LogP contribution is -1.66. The summed E-state index contributed by atoms with van der Waals surface area (Å²) in [4.78, 5) is 21.6. The number of phosphoric acid groups is 1. The quantitative estimate of drug-likeness (QED) is 0.248. The van der Waals surface area contributed by atoms with Gasteiger partial charge in [-0.1, -0.05) is 0 Å². The molecule has 4 nitrogen and oxygen atoms in total. The second-order valence-electron chi connectivity index (χ2n) is 0.513. The topological polar surface area (TPSA) is 77.8 Å². The summed E-state index contributed by atoms with van der Waals surface area (Å²) in [5.41, 5.74) is 0. The van der Waals surface area contributed by atoms with Gasteiger partial charge in [-0.25, -0.2) is 4.57 Å². The van der Waals surface area contributed by atoms with E-state index in [9.17, 15) is 0 Å². The van der Waals surface area contributed by atoms with Gasteiger partial charge >= 0.3 is 7.82 Å². The Morgan fingerprint density at radius 3 is 0.800 bits per heavy atom. The van der Waals surface area contributed by atoms with Gasteiger partial charge in [-0.15, -0.1) is 0 Å². The first kappa shape index (κ1) is 51.6. The fourth-order valence-corrected chi connectivity index (χ4v) is 0. The Morgan fingerprint density at radius 2 is 0.800 bits per heavy atom. The lowest BCUT2D eigenvalue weighted by molar-refractivity contribution is 0.275. The molecule has 0 aliphatic carbocycles. The van der Waals surface area contributed by atoms with E-state index in [0.717, 1.165) is 0 Å². The first-order valence-corrected chi connectivity index (χ1v) is 2.35. The Kier molecular flexibility index (Phi) is 82.3. The van der Waals surface area contributed by atoms with Crippen LogP contribution in [0.15, 0.2) is 0 Å². The zero-order valence-corrected chi connectivity index (χ0v) is 4.72. The van der Waals surface area contributed by atoms with Gasteiger partial charge in [0, 0.05) is 0 Å². The minimum absolute atomic E-state index is 0. The van der Waals surface area contributed by atoms with Crippen LogP contribution in [0.1, 0.15) is 0 Å². The van der Waals surface area contributed by atoms with Crippen molar-refractivity contribution in [3.8, 4) is 0 Å². The van der Waals surface area contributed by atoms with Crippen LogP contribution in [0.25, 0.3) is 0 Å². The molecule has 0 spiro atoms. The molecule has 0 heterocycles. The predicted molar refractivity (Wildman–Crippen MR) is 34.2 cm³/mol. The number of hydrogen-bond acceptors (Lipinski definition) is 1. The zero-order valence-electron chi connectivity index (χ0n) is 3.83. The molecule has 10 heavy (non-hydrogen) atoms. The molecule has 0 aliphatic rings. The predicted octanol–water partition coefficient (Wildman–Crippen LogP) is -1.50. The van der Waals surface area contributed by atoms with Crippen molar-refractivity contribution in [2.45, 2.75) is 0 Å². The van der Waals surface area contributed by atoms with Crippen LogP contribution in [0.2, 0.25) is 0 Å². The second kappa shape index (κ2) is 16.0. The highest BCUT2D eigenvalue weighted by molar-refractivity contribution is 7.45. The maximum atomic E-state index is 8.88. The van der Waals surface area contributed by atoms with E-state index in [1.807, 2.05) is 0 Å². The lowest BCUT2D eigenvalue weighted by atomic mass is 10.8. The molecule has 0 saturated carbocycles. The summed E-state index contributed by atoms with van der Waals surface area (Å²) < 4.78 is 8.88. The van der Waals surface area contributed by atoms with Crippen LogP contribution in [0.3, 0.4) is 0 Å². The molecule has 0 radical (unpaired) electrons. The van der Waals surface area contributed by atoms with Crippen LogP contribution < -0.4 is 0 Å². The van der Waals surface area contributed by atoms with E-state index in [-0.39, 0.29) is 27.2 Å². The molecule has 0 rings (SSSR count). The third-order valence-corrected chi connectivity index (χ3v) is 0. The maximum Gasteiger partial charge on any atom is 0.466 e. The van der Waals surface area contributed by atoms with E-state index in [4.69, 9.17) is 19.2 Å². The van der Waals surface area contributed by atoms with E-state index in [1.54, 1.807) is 0 Å². The monoisotopic (exact) mass is 192 g/mol. The SMILES string of the molecule is B.F.F.F.F.O=P(O)(O)O.